The van der Waals surface area contributed by atoms with E-state index in [0.717, 1.165) is 11.1 Å². The van der Waals surface area contributed by atoms with Gasteiger partial charge in [-0.3, -0.25) is 5.43 Å². The topological polar surface area (TPSA) is 54.9 Å². The first-order valence-electron chi connectivity index (χ1n) is 8.80. The molecule has 0 aliphatic heterocycles. The fraction of sp³-hybridized carbons (Fsp3) is 0.238. The van der Waals surface area contributed by atoms with E-state index in [1.54, 1.807) is 12.3 Å². The number of rotatable bonds is 9. The summed E-state index contributed by atoms with van der Waals surface area (Å²) in [5.74, 6) is 1.37. The summed E-state index contributed by atoms with van der Waals surface area (Å²) in [5, 5.41) is 7.50. The van der Waals surface area contributed by atoms with Gasteiger partial charge in [-0.2, -0.15) is 5.10 Å². The van der Waals surface area contributed by atoms with Crippen molar-refractivity contribution in [3.8, 4) is 11.5 Å². The molecule has 27 heavy (non-hydrogen) atoms. The Morgan fingerprint density at radius 1 is 1.22 bits per heavy atom. The molecule has 0 saturated carbocycles. The Hall–Kier alpha value is -2.86. The molecule has 0 aliphatic carbocycles. The minimum absolute atomic E-state index is 0.0834. The van der Waals surface area contributed by atoms with Gasteiger partial charge in [0.2, 0.25) is 0 Å². The van der Waals surface area contributed by atoms with Crippen LogP contribution in [0, 0.1) is 0 Å². The van der Waals surface area contributed by atoms with Gasteiger partial charge in [0.05, 0.1) is 12.8 Å². The van der Waals surface area contributed by atoms with Crippen molar-refractivity contribution in [2.24, 2.45) is 5.10 Å². The Kier molecular flexibility index (Phi) is 8.32. The third kappa shape index (κ3) is 6.75. The summed E-state index contributed by atoms with van der Waals surface area (Å²) in [6.07, 6.45) is 3.32. The van der Waals surface area contributed by atoms with E-state index in [2.05, 4.69) is 22.4 Å². The van der Waals surface area contributed by atoms with Crippen LogP contribution in [0.4, 0.5) is 0 Å². The van der Waals surface area contributed by atoms with E-state index in [0.29, 0.717) is 29.8 Å². The number of thiocarbonyl (C=S) groups is 1. The second-order valence-electron chi connectivity index (χ2n) is 5.68. The monoisotopic (exact) mass is 383 g/mol. The first-order valence-corrected chi connectivity index (χ1v) is 9.21. The normalized spacial score (nSPS) is 11.6. The molecule has 0 fully saturated rings. The standard InChI is InChI=1S/C21H25N3O2S/c1-4-13-22-21(27)24-23-15-17-11-12-19(20(14-17)25-5-2)26-16(3)18-9-7-6-8-10-18/h4,6-12,14-16H,1,5,13H2,2-3H3,(H2,22,24,27)/b23-15-/t16-/m0/s1. The Labute approximate surface area is 166 Å². The Morgan fingerprint density at radius 3 is 2.70 bits per heavy atom. The average Bonchev–Trinajstić information content (AvgIpc) is 2.69. The molecule has 0 saturated heterocycles. The van der Waals surface area contributed by atoms with E-state index in [4.69, 9.17) is 21.7 Å². The summed E-state index contributed by atoms with van der Waals surface area (Å²) in [4.78, 5) is 0. The number of hydrogen-bond donors (Lipinski definition) is 2. The van der Waals surface area contributed by atoms with Crippen LogP contribution in [0.5, 0.6) is 11.5 Å². The molecule has 0 amide bonds. The van der Waals surface area contributed by atoms with Crippen LogP contribution < -0.4 is 20.2 Å². The van der Waals surface area contributed by atoms with Gasteiger partial charge >= 0.3 is 0 Å². The van der Waals surface area contributed by atoms with Crippen LogP contribution in [0.2, 0.25) is 0 Å². The maximum atomic E-state index is 6.10. The molecule has 0 aliphatic rings. The lowest BCUT2D eigenvalue weighted by Gasteiger charge is -2.18. The van der Waals surface area contributed by atoms with Crippen molar-refractivity contribution in [3.63, 3.8) is 0 Å². The lowest BCUT2D eigenvalue weighted by molar-refractivity contribution is 0.211. The van der Waals surface area contributed by atoms with Crippen molar-refractivity contribution in [2.45, 2.75) is 20.0 Å². The highest BCUT2D eigenvalue weighted by molar-refractivity contribution is 7.80. The molecule has 2 aromatic rings. The largest absolute Gasteiger partial charge is 0.490 e. The molecule has 0 heterocycles. The zero-order valence-corrected chi connectivity index (χ0v) is 16.5. The fourth-order valence-electron chi connectivity index (χ4n) is 2.32. The molecule has 5 nitrogen and oxygen atoms in total. The zero-order valence-electron chi connectivity index (χ0n) is 15.6. The van der Waals surface area contributed by atoms with E-state index >= 15 is 0 Å². The van der Waals surface area contributed by atoms with Crippen LogP contribution in [0.3, 0.4) is 0 Å². The Balaban J connectivity index is 2.07. The van der Waals surface area contributed by atoms with Crippen molar-refractivity contribution in [1.82, 2.24) is 10.7 Å². The van der Waals surface area contributed by atoms with Crippen LogP contribution in [-0.4, -0.2) is 24.5 Å². The molecular weight excluding hydrogens is 358 g/mol. The molecule has 2 aromatic carbocycles. The maximum absolute atomic E-state index is 6.10. The lowest BCUT2D eigenvalue weighted by Crippen LogP contribution is -2.31. The van der Waals surface area contributed by atoms with E-state index in [1.165, 1.54) is 0 Å². The van der Waals surface area contributed by atoms with Crippen LogP contribution in [0.1, 0.15) is 31.1 Å². The molecule has 0 spiro atoms. The average molecular weight is 384 g/mol. The summed E-state index contributed by atoms with van der Waals surface area (Å²) >= 11 is 5.09. The van der Waals surface area contributed by atoms with E-state index < -0.39 is 0 Å². The van der Waals surface area contributed by atoms with Gasteiger partial charge < -0.3 is 14.8 Å². The minimum Gasteiger partial charge on any atom is -0.490 e. The molecule has 0 radical (unpaired) electrons. The quantitative estimate of drug-likeness (QED) is 0.294. The predicted molar refractivity (Wildman–Crippen MR) is 115 cm³/mol. The van der Waals surface area contributed by atoms with Gasteiger partial charge in [-0.1, -0.05) is 36.4 Å². The van der Waals surface area contributed by atoms with E-state index in [1.807, 2.05) is 62.4 Å². The SMILES string of the molecule is C=CCNC(=S)N/N=C\c1ccc(O[C@@H](C)c2ccccc2)c(OCC)c1. The summed E-state index contributed by atoms with van der Waals surface area (Å²) in [7, 11) is 0. The third-order valence-corrected chi connectivity index (χ3v) is 3.86. The smallest absolute Gasteiger partial charge is 0.187 e. The summed E-state index contributed by atoms with van der Waals surface area (Å²) < 4.78 is 11.8. The first kappa shape index (κ1) is 20.5. The van der Waals surface area contributed by atoms with Crippen molar-refractivity contribution in [3.05, 3.63) is 72.3 Å². The highest BCUT2D eigenvalue weighted by Crippen LogP contribution is 2.32. The second-order valence-corrected chi connectivity index (χ2v) is 6.09. The van der Waals surface area contributed by atoms with Gasteiger partial charge in [0.25, 0.3) is 0 Å². The number of nitrogens with zero attached hydrogens (tertiary/aromatic N) is 1. The number of hydrogen-bond acceptors (Lipinski definition) is 4. The highest BCUT2D eigenvalue weighted by atomic mass is 32.1. The van der Waals surface area contributed by atoms with Gasteiger partial charge in [-0.25, -0.2) is 0 Å². The third-order valence-electron chi connectivity index (χ3n) is 3.63. The van der Waals surface area contributed by atoms with Gasteiger partial charge in [0.15, 0.2) is 16.6 Å². The van der Waals surface area contributed by atoms with Crippen LogP contribution >= 0.6 is 12.2 Å². The molecule has 0 unspecified atom stereocenters. The van der Waals surface area contributed by atoms with Crippen molar-refractivity contribution < 1.29 is 9.47 Å². The zero-order chi connectivity index (χ0) is 19.5. The van der Waals surface area contributed by atoms with Gasteiger partial charge in [-0.05, 0) is 55.4 Å². The van der Waals surface area contributed by atoms with E-state index in [9.17, 15) is 0 Å². The predicted octanol–water partition coefficient (Wildman–Crippen LogP) is 4.21. The van der Waals surface area contributed by atoms with Crippen LogP contribution in [-0.2, 0) is 0 Å². The number of nitrogens with one attached hydrogen (secondary N) is 2. The molecule has 2 N–H and O–H groups in total. The molecule has 0 aromatic heterocycles. The second kappa shape index (κ2) is 11.0. The van der Waals surface area contributed by atoms with Gasteiger partial charge in [-0.15, -0.1) is 6.58 Å². The maximum Gasteiger partial charge on any atom is 0.187 e. The van der Waals surface area contributed by atoms with Crippen LogP contribution in [0.25, 0.3) is 0 Å². The Morgan fingerprint density at radius 2 is 2.00 bits per heavy atom. The van der Waals surface area contributed by atoms with Gasteiger partial charge in [0.1, 0.15) is 6.10 Å². The summed E-state index contributed by atoms with van der Waals surface area (Å²) in [6.45, 7) is 8.71. The molecule has 142 valence electrons. The van der Waals surface area contributed by atoms with Crippen LogP contribution in [0.15, 0.2) is 66.3 Å². The van der Waals surface area contributed by atoms with Gasteiger partial charge in [0, 0.05) is 6.54 Å². The van der Waals surface area contributed by atoms with Crippen molar-refractivity contribution in [2.75, 3.05) is 13.2 Å². The highest BCUT2D eigenvalue weighted by Gasteiger charge is 2.11. The molecule has 6 heteroatoms. The summed E-state index contributed by atoms with van der Waals surface area (Å²) in [5.41, 5.74) is 4.73. The number of ether oxygens (including phenoxy) is 2. The van der Waals surface area contributed by atoms with E-state index in [-0.39, 0.29) is 6.10 Å². The molecule has 1 atom stereocenters. The minimum atomic E-state index is -0.0834. The molecule has 2 rings (SSSR count). The Bertz CT molecular complexity index is 778. The lowest BCUT2D eigenvalue weighted by atomic mass is 10.1. The van der Waals surface area contributed by atoms with Crippen molar-refractivity contribution in [1.29, 1.82) is 0 Å². The molecular formula is C21H25N3O2S. The first-order chi connectivity index (χ1) is 13.1. The number of benzene rings is 2. The fourth-order valence-corrected chi connectivity index (χ4v) is 2.46. The molecule has 0 bridgehead atoms. The summed E-state index contributed by atoms with van der Waals surface area (Å²) in [6, 6.07) is 15.8. The van der Waals surface area contributed by atoms with Crippen molar-refractivity contribution >= 4 is 23.5 Å². The number of hydrazone groups is 1.